The molecule has 2 N–H and O–H groups in total. The van der Waals surface area contributed by atoms with E-state index in [1.165, 1.54) is 0 Å². The molecule has 7 heteroatoms. The van der Waals surface area contributed by atoms with Crippen molar-refractivity contribution in [3.05, 3.63) is 6.07 Å². The quantitative estimate of drug-likeness (QED) is 0.587. The van der Waals surface area contributed by atoms with Crippen LogP contribution in [-0.2, 0) is 4.74 Å². The van der Waals surface area contributed by atoms with Gasteiger partial charge < -0.3 is 20.3 Å². The van der Waals surface area contributed by atoms with Crippen LogP contribution in [0.4, 0.5) is 11.6 Å². The van der Waals surface area contributed by atoms with E-state index in [1.54, 1.807) is 11.8 Å². The smallest absolute Gasteiger partial charge is 0.191 e. The van der Waals surface area contributed by atoms with Crippen LogP contribution in [0.15, 0.2) is 11.2 Å². The third-order valence-corrected chi connectivity index (χ3v) is 3.84. The Morgan fingerprint density at radius 2 is 2.14 bits per heavy atom. The molecule has 0 aliphatic carbocycles. The highest BCUT2D eigenvalue weighted by Gasteiger charge is 2.17. The lowest BCUT2D eigenvalue weighted by Crippen LogP contribution is -2.43. The minimum absolute atomic E-state index is 0.212. The first-order chi connectivity index (χ1) is 10.2. The van der Waals surface area contributed by atoms with Crippen molar-refractivity contribution < 1.29 is 4.74 Å². The third-order valence-electron chi connectivity index (χ3n) is 3.30. The highest BCUT2D eigenvalue weighted by atomic mass is 32.2. The number of aromatic nitrogens is 2. The van der Waals surface area contributed by atoms with E-state index in [2.05, 4.69) is 39.5 Å². The van der Waals surface area contributed by atoms with Gasteiger partial charge in [-0.2, -0.15) is 0 Å². The zero-order valence-electron chi connectivity index (χ0n) is 13.1. The predicted octanol–water partition coefficient (Wildman–Crippen LogP) is 1.76. The van der Waals surface area contributed by atoms with Gasteiger partial charge >= 0.3 is 0 Å². The normalized spacial score (nSPS) is 19.5. The molecule has 0 amide bonds. The summed E-state index contributed by atoms with van der Waals surface area (Å²) in [6.07, 6.45) is 3.27. The summed E-state index contributed by atoms with van der Waals surface area (Å²) in [5.41, 5.74) is 0. The Hall–Kier alpha value is -1.05. The molecule has 1 aliphatic heterocycles. The predicted molar refractivity (Wildman–Crippen MR) is 88.3 cm³/mol. The van der Waals surface area contributed by atoms with Crippen LogP contribution in [-0.4, -0.2) is 67.1 Å². The second kappa shape index (κ2) is 8.41. The third kappa shape index (κ3) is 5.33. The van der Waals surface area contributed by atoms with Gasteiger partial charge in [0, 0.05) is 32.2 Å². The molecular weight excluding hydrogens is 286 g/mol. The molecule has 1 aliphatic rings. The summed E-state index contributed by atoms with van der Waals surface area (Å²) in [6, 6.07) is 1.96. The Bertz CT molecular complexity index is 445. The van der Waals surface area contributed by atoms with E-state index in [0.717, 1.165) is 56.0 Å². The van der Waals surface area contributed by atoms with E-state index in [0.29, 0.717) is 0 Å². The average Bonchev–Trinajstić information content (AvgIpc) is 2.51. The molecule has 6 nitrogen and oxygen atoms in total. The molecule has 0 spiro atoms. The number of hydrogen-bond donors (Lipinski definition) is 2. The van der Waals surface area contributed by atoms with Gasteiger partial charge in [-0.3, -0.25) is 0 Å². The topological polar surface area (TPSA) is 62.3 Å². The largest absolute Gasteiger partial charge is 0.374 e. The fourth-order valence-corrected chi connectivity index (χ4v) is 2.54. The van der Waals surface area contributed by atoms with Gasteiger partial charge in [0.1, 0.15) is 11.6 Å². The number of morpholine rings is 1. The molecule has 21 heavy (non-hydrogen) atoms. The molecule has 0 radical (unpaired) electrons. The Kier molecular flexibility index (Phi) is 6.53. The van der Waals surface area contributed by atoms with E-state index in [1.807, 2.05) is 12.3 Å². The van der Waals surface area contributed by atoms with Gasteiger partial charge in [0.2, 0.25) is 0 Å². The zero-order chi connectivity index (χ0) is 15.1. The first kappa shape index (κ1) is 16.3. The number of nitrogens with one attached hydrogen (secondary N) is 2. The minimum atomic E-state index is 0.212. The van der Waals surface area contributed by atoms with Crippen LogP contribution in [0.2, 0.25) is 0 Å². The minimum Gasteiger partial charge on any atom is -0.374 e. The van der Waals surface area contributed by atoms with Crippen molar-refractivity contribution in [1.82, 2.24) is 14.9 Å². The number of rotatable bonds is 7. The van der Waals surface area contributed by atoms with E-state index in [-0.39, 0.29) is 6.10 Å². The standard InChI is InChI=1S/C14H25N5OS/c1-4-5-15-12-8-13(18-14(17-12)21-3)16-9-11-10-19(2)6-7-20-11/h8,11H,4-7,9-10H2,1-3H3,(H2,15,16,17,18). The molecule has 1 atom stereocenters. The lowest BCUT2D eigenvalue weighted by molar-refractivity contribution is -0.0117. The van der Waals surface area contributed by atoms with Gasteiger partial charge in [0.25, 0.3) is 0 Å². The number of nitrogens with zero attached hydrogens (tertiary/aromatic N) is 3. The van der Waals surface area contributed by atoms with E-state index in [4.69, 9.17) is 4.74 Å². The van der Waals surface area contributed by atoms with Gasteiger partial charge in [-0.25, -0.2) is 9.97 Å². The van der Waals surface area contributed by atoms with Crippen molar-refractivity contribution in [3.63, 3.8) is 0 Å². The van der Waals surface area contributed by atoms with Crippen molar-refractivity contribution >= 4 is 23.4 Å². The molecule has 1 unspecified atom stereocenters. The van der Waals surface area contributed by atoms with Crippen LogP contribution in [0.3, 0.4) is 0 Å². The molecule has 1 fully saturated rings. The number of anilines is 2. The molecule has 2 heterocycles. The summed E-state index contributed by atoms with van der Waals surface area (Å²) in [6.45, 7) is 6.58. The Balaban J connectivity index is 1.94. The second-order valence-corrected chi connectivity index (χ2v) is 5.96. The maximum absolute atomic E-state index is 5.75. The summed E-state index contributed by atoms with van der Waals surface area (Å²) < 4.78 is 5.75. The van der Waals surface area contributed by atoms with Crippen LogP contribution >= 0.6 is 11.8 Å². The summed E-state index contributed by atoms with van der Waals surface area (Å²) in [5, 5.41) is 7.46. The van der Waals surface area contributed by atoms with E-state index in [9.17, 15) is 0 Å². The van der Waals surface area contributed by atoms with Gasteiger partial charge in [0.15, 0.2) is 5.16 Å². The van der Waals surface area contributed by atoms with Gasteiger partial charge in [0.05, 0.1) is 12.7 Å². The molecule has 0 bridgehead atoms. The molecule has 2 rings (SSSR count). The first-order valence-corrected chi connectivity index (χ1v) is 8.64. The van der Waals surface area contributed by atoms with Crippen LogP contribution < -0.4 is 10.6 Å². The second-order valence-electron chi connectivity index (χ2n) is 5.19. The first-order valence-electron chi connectivity index (χ1n) is 7.42. The Morgan fingerprint density at radius 1 is 1.38 bits per heavy atom. The Morgan fingerprint density at radius 3 is 2.81 bits per heavy atom. The number of likely N-dealkylation sites (N-methyl/N-ethyl adjacent to an activating group) is 1. The van der Waals surface area contributed by atoms with E-state index < -0.39 is 0 Å². The SMILES string of the molecule is CCCNc1cc(NCC2CN(C)CCO2)nc(SC)n1. The molecule has 118 valence electrons. The van der Waals surface area contributed by atoms with E-state index >= 15 is 0 Å². The van der Waals surface area contributed by atoms with Crippen molar-refractivity contribution in [3.8, 4) is 0 Å². The highest BCUT2D eigenvalue weighted by molar-refractivity contribution is 7.98. The van der Waals surface area contributed by atoms with Gasteiger partial charge in [-0.15, -0.1) is 0 Å². The van der Waals surface area contributed by atoms with Crippen LogP contribution in [0.25, 0.3) is 0 Å². The monoisotopic (exact) mass is 311 g/mol. The summed E-state index contributed by atoms with van der Waals surface area (Å²) in [7, 11) is 2.12. The fraction of sp³-hybridized carbons (Fsp3) is 0.714. The van der Waals surface area contributed by atoms with Crippen molar-refractivity contribution in [2.75, 3.05) is 56.7 Å². The number of thioether (sulfide) groups is 1. The lowest BCUT2D eigenvalue weighted by Gasteiger charge is -2.30. The van der Waals surface area contributed by atoms with Crippen LogP contribution in [0.1, 0.15) is 13.3 Å². The maximum atomic E-state index is 5.75. The summed E-state index contributed by atoms with van der Waals surface area (Å²) in [5.74, 6) is 1.73. The number of hydrogen-bond acceptors (Lipinski definition) is 7. The molecule has 1 aromatic rings. The number of ether oxygens (including phenoxy) is 1. The van der Waals surface area contributed by atoms with Gasteiger partial charge in [-0.1, -0.05) is 18.7 Å². The lowest BCUT2D eigenvalue weighted by atomic mass is 10.3. The summed E-state index contributed by atoms with van der Waals surface area (Å²) >= 11 is 1.55. The Labute approximate surface area is 131 Å². The highest BCUT2D eigenvalue weighted by Crippen LogP contribution is 2.17. The summed E-state index contributed by atoms with van der Waals surface area (Å²) in [4.78, 5) is 11.2. The molecule has 1 saturated heterocycles. The van der Waals surface area contributed by atoms with Crippen molar-refractivity contribution in [2.24, 2.45) is 0 Å². The van der Waals surface area contributed by atoms with Crippen LogP contribution in [0.5, 0.6) is 0 Å². The van der Waals surface area contributed by atoms with Crippen LogP contribution in [0, 0.1) is 0 Å². The van der Waals surface area contributed by atoms with Crippen molar-refractivity contribution in [1.29, 1.82) is 0 Å². The molecule has 1 aromatic heterocycles. The fourth-order valence-electron chi connectivity index (χ4n) is 2.16. The van der Waals surface area contributed by atoms with Crippen molar-refractivity contribution in [2.45, 2.75) is 24.6 Å². The average molecular weight is 311 g/mol. The zero-order valence-corrected chi connectivity index (χ0v) is 13.9. The molecular formula is C14H25N5OS. The molecule has 0 aromatic carbocycles. The maximum Gasteiger partial charge on any atom is 0.191 e. The molecule has 0 saturated carbocycles. The van der Waals surface area contributed by atoms with Gasteiger partial charge in [-0.05, 0) is 19.7 Å².